The maximum atomic E-state index is 11.7. The number of fused-ring (bicyclic) bond motifs is 2. The van der Waals surface area contributed by atoms with Crippen LogP contribution in [0, 0.1) is 0 Å². The molecule has 1 heterocycles. The first kappa shape index (κ1) is 31.5. The Morgan fingerprint density at radius 2 is 1.44 bits per heavy atom. The van der Waals surface area contributed by atoms with Gasteiger partial charge in [0, 0.05) is 12.0 Å². The number of phosphoric acid groups is 2. The summed E-state index contributed by atoms with van der Waals surface area (Å²) in [4.78, 5) is 26.8. The van der Waals surface area contributed by atoms with Crippen molar-refractivity contribution in [3.8, 4) is 17.2 Å². The summed E-state index contributed by atoms with van der Waals surface area (Å²) in [6.07, 6.45) is 0.373. The molecule has 0 radical (unpaired) electrons. The summed E-state index contributed by atoms with van der Waals surface area (Å²) < 4.78 is 36.7. The van der Waals surface area contributed by atoms with Gasteiger partial charge in [-0.2, -0.15) is 4.31 Å². The minimum absolute atomic E-state index is 0. The molecule has 1 atom stereocenters. The molecule has 3 N–H and O–H groups in total. The minimum atomic E-state index is -5.18. The van der Waals surface area contributed by atoms with Crippen molar-refractivity contribution in [2.75, 3.05) is 0 Å². The van der Waals surface area contributed by atoms with Gasteiger partial charge in [-0.3, -0.25) is 4.89 Å². The molecule has 27 heavy (non-hydrogen) atoms. The standard InChI is InChI=1S/C13H12O8P2.4Na.4H/c14-22(15,16)21-23(17,18)20-13-7-3-6-12-10(13)8-9-4-1-2-5-11(9)19-12;;;;;;;;/h1-7H,8H2,(H,17,18)(H2,14,15,16);;;;;;;;. The summed E-state index contributed by atoms with van der Waals surface area (Å²) in [6, 6.07) is 11.8. The zero-order chi connectivity index (χ0) is 16.7. The Morgan fingerprint density at radius 1 is 0.852 bits per heavy atom. The van der Waals surface area contributed by atoms with E-state index in [1.165, 1.54) is 12.1 Å². The topological polar surface area (TPSA) is 123 Å². The van der Waals surface area contributed by atoms with E-state index in [1.807, 2.05) is 18.2 Å². The second kappa shape index (κ2) is 13.0. The van der Waals surface area contributed by atoms with Crippen molar-refractivity contribution in [3.05, 3.63) is 53.6 Å². The van der Waals surface area contributed by atoms with Gasteiger partial charge >= 0.3 is 134 Å². The molecule has 1 aliphatic heterocycles. The van der Waals surface area contributed by atoms with E-state index in [9.17, 15) is 14.0 Å². The zero-order valence-electron chi connectivity index (χ0n) is 11.5. The van der Waals surface area contributed by atoms with Crippen LogP contribution in [-0.2, 0) is 19.9 Å². The quantitative estimate of drug-likeness (QED) is 0.382. The fourth-order valence-corrected chi connectivity index (χ4v) is 3.86. The van der Waals surface area contributed by atoms with Crippen LogP contribution in [0.25, 0.3) is 0 Å². The molecule has 0 spiro atoms. The molecule has 0 fully saturated rings. The molecule has 0 bridgehead atoms. The van der Waals surface area contributed by atoms with E-state index < -0.39 is 15.6 Å². The molecule has 130 valence electrons. The molecule has 8 nitrogen and oxygen atoms in total. The average Bonchev–Trinajstić information content (AvgIpc) is 2.42. The van der Waals surface area contributed by atoms with Crippen molar-refractivity contribution < 1.29 is 37.4 Å². The molecule has 1 aliphatic rings. The molecule has 2 aromatic rings. The van der Waals surface area contributed by atoms with Crippen LogP contribution in [0.4, 0.5) is 0 Å². The van der Waals surface area contributed by atoms with E-state index >= 15 is 0 Å². The Bertz CT molecular complexity index is 860. The Balaban J connectivity index is 0. The third-order valence-corrected chi connectivity index (χ3v) is 5.18. The predicted molar refractivity (Wildman–Crippen MR) is 108 cm³/mol. The van der Waals surface area contributed by atoms with Crippen LogP contribution in [0.1, 0.15) is 11.1 Å². The number of hydrogen-bond donors (Lipinski definition) is 3. The summed E-state index contributed by atoms with van der Waals surface area (Å²) in [6.45, 7) is 0. The summed E-state index contributed by atoms with van der Waals surface area (Å²) in [5.74, 6) is 1.05. The van der Waals surface area contributed by atoms with Crippen LogP contribution in [0.5, 0.6) is 17.2 Å². The molecular formula is C13H16Na4O8P2. The third-order valence-electron chi connectivity index (χ3n) is 3.07. The first-order valence-corrected chi connectivity index (χ1v) is 9.43. The number of phosphoric ester groups is 1. The van der Waals surface area contributed by atoms with Crippen molar-refractivity contribution >= 4 is 134 Å². The Hall–Kier alpha value is 2.34. The number of ether oxygens (including phenoxy) is 1. The fraction of sp³-hybridized carbons (Fsp3) is 0.0769. The van der Waals surface area contributed by atoms with Crippen LogP contribution in [0.3, 0.4) is 0 Å². The molecule has 0 saturated heterocycles. The first-order valence-electron chi connectivity index (χ1n) is 6.40. The van der Waals surface area contributed by atoms with Crippen molar-refractivity contribution in [2.24, 2.45) is 0 Å². The van der Waals surface area contributed by atoms with Crippen molar-refractivity contribution in [1.82, 2.24) is 0 Å². The maximum absolute atomic E-state index is 11.7. The normalized spacial score (nSPS) is 13.4. The van der Waals surface area contributed by atoms with Crippen LogP contribution in [0.15, 0.2) is 42.5 Å². The molecule has 0 aromatic heterocycles. The third kappa shape index (κ3) is 9.16. The first-order chi connectivity index (χ1) is 10.7. The molecular weight excluding hydrogens is 438 g/mol. The summed E-state index contributed by atoms with van der Waals surface area (Å²) >= 11 is 0. The summed E-state index contributed by atoms with van der Waals surface area (Å²) in [5, 5.41) is 0. The molecule has 0 saturated carbocycles. The number of rotatable bonds is 4. The van der Waals surface area contributed by atoms with E-state index in [4.69, 9.17) is 19.0 Å². The fourth-order valence-electron chi connectivity index (χ4n) is 2.23. The molecule has 0 amide bonds. The zero-order valence-corrected chi connectivity index (χ0v) is 13.3. The average molecular weight is 454 g/mol. The van der Waals surface area contributed by atoms with Crippen molar-refractivity contribution in [2.45, 2.75) is 6.42 Å². The Kier molecular flexibility index (Phi) is 15.2. The summed E-state index contributed by atoms with van der Waals surface area (Å²) in [7, 11) is -10.2. The molecule has 0 aliphatic carbocycles. The van der Waals surface area contributed by atoms with Gasteiger partial charge in [-0.25, -0.2) is 9.13 Å². The van der Waals surface area contributed by atoms with E-state index in [1.54, 1.807) is 12.1 Å². The number of hydrogen-bond acceptors (Lipinski definition) is 5. The van der Waals surface area contributed by atoms with Gasteiger partial charge in [0.05, 0.1) is 0 Å². The van der Waals surface area contributed by atoms with Gasteiger partial charge in [0.25, 0.3) is 0 Å². The molecule has 1 unspecified atom stereocenters. The number of para-hydroxylation sites is 1. The van der Waals surface area contributed by atoms with Gasteiger partial charge in [0.1, 0.15) is 17.2 Å². The van der Waals surface area contributed by atoms with E-state index in [-0.39, 0.29) is 124 Å². The molecule has 3 rings (SSSR count). The van der Waals surface area contributed by atoms with E-state index in [2.05, 4.69) is 4.31 Å². The SMILES string of the molecule is O=P(O)(O)OP(=O)(O)Oc1cccc2c1Cc1ccccc1O2.[NaH].[NaH].[NaH].[NaH]. The number of benzene rings is 2. The molecule has 2 aromatic carbocycles. The van der Waals surface area contributed by atoms with E-state index in [0.29, 0.717) is 23.5 Å². The van der Waals surface area contributed by atoms with Gasteiger partial charge in [-0.1, -0.05) is 24.3 Å². The van der Waals surface area contributed by atoms with Gasteiger partial charge in [0.2, 0.25) is 0 Å². The predicted octanol–water partition coefficient (Wildman–Crippen LogP) is 0.378. The van der Waals surface area contributed by atoms with Gasteiger partial charge in [-0.15, -0.1) is 0 Å². The van der Waals surface area contributed by atoms with Gasteiger partial charge < -0.3 is 19.0 Å². The Morgan fingerprint density at radius 3 is 2.07 bits per heavy atom. The van der Waals surface area contributed by atoms with Crippen LogP contribution in [0.2, 0.25) is 0 Å². The van der Waals surface area contributed by atoms with Gasteiger partial charge in [0.15, 0.2) is 0 Å². The Labute approximate surface area is 244 Å². The summed E-state index contributed by atoms with van der Waals surface area (Å²) in [5.41, 5.74) is 1.33. The van der Waals surface area contributed by atoms with Crippen molar-refractivity contribution in [3.63, 3.8) is 0 Å². The van der Waals surface area contributed by atoms with Crippen LogP contribution in [-0.4, -0.2) is 133 Å². The van der Waals surface area contributed by atoms with Crippen LogP contribution < -0.4 is 9.26 Å². The van der Waals surface area contributed by atoms with Crippen LogP contribution >= 0.6 is 15.6 Å². The second-order valence-corrected chi connectivity index (χ2v) is 7.51. The molecule has 14 heteroatoms. The van der Waals surface area contributed by atoms with E-state index in [0.717, 1.165) is 5.56 Å². The monoisotopic (exact) mass is 454 g/mol. The van der Waals surface area contributed by atoms with Gasteiger partial charge in [-0.05, 0) is 23.8 Å². The van der Waals surface area contributed by atoms with Crippen molar-refractivity contribution in [1.29, 1.82) is 0 Å². The second-order valence-electron chi connectivity index (χ2n) is 4.75.